The van der Waals surface area contributed by atoms with Gasteiger partial charge in [-0.2, -0.15) is 0 Å². The van der Waals surface area contributed by atoms with Gasteiger partial charge in [-0.3, -0.25) is 4.79 Å². The predicted octanol–water partition coefficient (Wildman–Crippen LogP) is 3.45. The van der Waals surface area contributed by atoms with E-state index in [1.54, 1.807) is 36.0 Å². The maximum atomic E-state index is 12.7. The Labute approximate surface area is 131 Å². The van der Waals surface area contributed by atoms with Gasteiger partial charge < -0.3 is 10.0 Å². The molecule has 2 aliphatic rings. The summed E-state index contributed by atoms with van der Waals surface area (Å²) < 4.78 is 0. The third kappa shape index (κ3) is 1.66. The molecule has 0 aromatic heterocycles. The fraction of sp³-hybridized carbons (Fsp3) is 0.188. The Hall–Kier alpha value is -1.65. The van der Waals surface area contributed by atoms with Crippen molar-refractivity contribution < 1.29 is 9.90 Å². The van der Waals surface area contributed by atoms with Crippen LogP contribution in [0, 0.1) is 0 Å². The van der Waals surface area contributed by atoms with Gasteiger partial charge >= 0.3 is 0 Å². The molecule has 1 amide bonds. The number of hydrogen-bond acceptors (Lipinski definition) is 3. The van der Waals surface area contributed by atoms with Crippen molar-refractivity contribution >= 4 is 29.3 Å². The van der Waals surface area contributed by atoms with Gasteiger partial charge in [0.1, 0.15) is 10.6 Å². The first-order chi connectivity index (χ1) is 10.1. The van der Waals surface area contributed by atoms with Gasteiger partial charge in [0.25, 0.3) is 5.91 Å². The summed E-state index contributed by atoms with van der Waals surface area (Å²) >= 11 is 7.87. The molecule has 2 heterocycles. The number of halogens is 1. The van der Waals surface area contributed by atoms with Crippen molar-refractivity contribution in [3.05, 3.63) is 64.2 Å². The van der Waals surface area contributed by atoms with Crippen LogP contribution in [-0.4, -0.2) is 28.2 Å². The molecule has 21 heavy (non-hydrogen) atoms. The molecule has 1 atom stereocenters. The van der Waals surface area contributed by atoms with Gasteiger partial charge in [0, 0.05) is 28.4 Å². The number of hydrogen-bond donors (Lipinski definition) is 1. The summed E-state index contributed by atoms with van der Waals surface area (Å²) in [6.45, 7) is 0.700. The summed E-state index contributed by atoms with van der Waals surface area (Å²) in [7, 11) is 0. The molecule has 0 aliphatic carbocycles. The zero-order valence-corrected chi connectivity index (χ0v) is 12.6. The molecule has 2 aliphatic heterocycles. The van der Waals surface area contributed by atoms with Gasteiger partial charge in [0.2, 0.25) is 0 Å². The zero-order chi connectivity index (χ0) is 14.6. The average molecular weight is 318 g/mol. The van der Waals surface area contributed by atoms with Gasteiger partial charge in [0.15, 0.2) is 0 Å². The number of thioether (sulfide) groups is 1. The van der Waals surface area contributed by atoms with Crippen LogP contribution < -0.4 is 0 Å². The minimum atomic E-state index is -0.559. The van der Waals surface area contributed by atoms with Gasteiger partial charge in [-0.15, -0.1) is 11.8 Å². The van der Waals surface area contributed by atoms with E-state index >= 15 is 0 Å². The topological polar surface area (TPSA) is 40.5 Å². The average Bonchev–Trinajstić information content (AvgIpc) is 3.00. The molecule has 5 heteroatoms. The fourth-order valence-corrected chi connectivity index (χ4v) is 4.92. The fourth-order valence-electron chi connectivity index (χ4n) is 3.23. The van der Waals surface area contributed by atoms with E-state index < -0.39 is 4.87 Å². The van der Waals surface area contributed by atoms with Crippen LogP contribution in [0.15, 0.2) is 42.5 Å². The number of phenols is 1. The van der Waals surface area contributed by atoms with Crippen LogP contribution in [0.1, 0.15) is 21.5 Å². The molecule has 0 bridgehead atoms. The molecule has 0 saturated carbocycles. The van der Waals surface area contributed by atoms with Crippen LogP contribution in [0.3, 0.4) is 0 Å². The molecule has 0 spiro atoms. The molecule has 4 rings (SSSR count). The Morgan fingerprint density at radius 3 is 2.90 bits per heavy atom. The molecular weight excluding hydrogens is 306 g/mol. The second kappa shape index (κ2) is 4.42. The zero-order valence-electron chi connectivity index (χ0n) is 11.0. The van der Waals surface area contributed by atoms with Crippen LogP contribution >= 0.6 is 23.4 Å². The molecular formula is C16H12ClNO2S. The Morgan fingerprint density at radius 1 is 1.24 bits per heavy atom. The van der Waals surface area contributed by atoms with Gasteiger partial charge in [-0.1, -0.05) is 23.7 Å². The lowest BCUT2D eigenvalue weighted by Gasteiger charge is -2.32. The lowest BCUT2D eigenvalue weighted by atomic mass is 9.97. The number of amides is 1. The Morgan fingerprint density at radius 2 is 2.10 bits per heavy atom. The number of rotatable bonds is 1. The lowest BCUT2D eigenvalue weighted by Crippen LogP contribution is -2.37. The highest BCUT2D eigenvalue weighted by atomic mass is 35.5. The lowest BCUT2D eigenvalue weighted by molar-refractivity contribution is 0.0752. The minimum Gasteiger partial charge on any atom is -0.508 e. The first-order valence-corrected chi connectivity index (χ1v) is 8.05. The van der Waals surface area contributed by atoms with Crippen molar-refractivity contribution in [2.24, 2.45) is 0 Å². The molecule has 2 aromatic carbocycles. The molecule has 1 saturated heterocycles. The molecule has 106 valence electrons. The van der Waals surface area contributed by atoms with Gasteiger partial charge in [-0.05, 0) is 35.9 Å². The summed E-state index contributed by atoms with van der Waals surface area (Å²) in [4.78, 5) is 14.0. The largest absolute Gasteiger partial charge is 0.508 e. The van der Waals surface area contributed by atoms with Crippen molar-refractivity contribution in [3.63, 3.8) is 0 Å². The van der Waals surface area contributed by atoms with E-state index in [4.69, 9.17) is 11.6 Å². The Balaban J connectivity index is 2.02. The first kappa shape index (κ1) is 13.0. The summed E-state index contributed by atoms with van der Waals surface area (Å²) in [5.41, 5.74) is 2.54. The van der Waals surface area contributed by atoms with Crippen molar-refractivity contribution in [2.45, 2.75) is 4.87 Å². The Bertz CT molecular complexity index is 764. The van der Waals surface area contributed by atoms with Crippen LogP contribution in [0.4, 0.5) is 0 Å². The number of carbonyl (C=O) groups is 1. The summed E-state index contributed by atoms with van der Waals surface area (Å²) in [6.07, 6.45) is 0. The summed E-state index contributed by atoms with van der Waals surface area (Å²) in [5.74, 6) is 1.11. The van der Waals surface area contributed by atoms with Crippen LogP contribution in [-0.2, 0) is 4.87 Å². The monoisotopic (exact) mass is 317 g/mol. The number of aromatic hydroxyl groups is 1. The Kier molecular flexibility index (Phi) is 2.75. The number of carbonyl (C=O) groups excluding carboxylic acids is 1. The molecule has 2 aromatic rings. The first-order valence-electron chi connectivity index (χ1n) is 6.68. The second-order valence-electron chi connectivity index (χ2n) is 5.19. The molecule has 3 nitrogen and oxygen atoms in total. The van der Waals surface area contributed by atoms with Gasteiger partial charge in [0.05, 0.1) is 0 Å². The van der Waals surface area contributed by atoms with Crippen LogP contribution in [0.2, 0.25) is 5.02 Å². The summed E-state index contributed by atoms with van der Waals surface area (Å²) in [6, 6.07) is 12.5. The van der Waals surface area contributed by atoms with Crippen molar-refractivity contribution in [1.82, 2.24) is 4.90 Å². The molecule has 1 unspecified atom stereocenters. The quantitative estimate of drug-likeness (QED) is 0.876. The predicted molar refractivity (Wildman–Crippen MR) is 83.8 cm³/mol. The standard InChI is InChI=1S/C16H12ClNO2S/c17-11-4-5-13-14(9-11)16(10-2-1-3-12(19)8-10)18(15(13)20)6-7-21-16/h1-5,8-9,19H,6-7H2. The SMILES string of the molecule is O=C1c2ccc(Cl)cc2C2(c3cccc(O)c3)SCCN12. The van der Waals surface area contributed by atoms with Crippen LogP contribution in [0.5, 0.6) is 5.75 Å². The third-order valence-corrected chi connectivity index (χ3v) is 5.78. The number of fused-ring (bicyclic) bond motifs is 3. The van der Waals surface area contributed by atoms with E-state index in [-0.39, 0.29) is 11.7 Å². The normalized spacial score (nSPS) is 23.3. The maximum Gasteiger partial charge on any atom is 0.255 e. The second-order valence-corrected chi connectivity index (χ2v) is 6.91. The van der Waals surface area contributed by atoms with E-state index in [1.807, 2.05) is 23.1 Å². The van der Waals surface area contributed by atoms with E-state index in [0.717, 1.165) is 16.9 Å². The molecule has 1 fully saturated rings. The van der Waals surface area contributed by atoms with E-state index in [2.05, 4.69) is 0 Å². The molecule has 0 radical (unpaired) electrons. The maximum absolute atomic E-state index is 12.7. The highest BCUT2D eigenvalue weighted by molar-refractivity contribution is 8.00. The smallest absolute Gasteiger partial charge is 0.255 e. The van der Waals surface area contributed by atoms with Crippen LogP contribution in [0.25, 0.3) is 0 Å². The van der Waals surface area contributed by atoms with E-state index in [9.17, 15) is 9.90 Å². The minimum absolute atomic E-state index is 0.0370. The highest BCUT2D eigenvalue weighted by Gasteiger charge is 2.54. The number of phenolic OH excluding ortho intramolecular Hbond substituents is 1. The van der Waals surface area contributed by atoms with E-state index in [1.165, 1.54) is 0 Å². The molecule has 1 N–H and O–H groups in total. The highest BCUT2D eigenvalue weighted by Crippen LogP contribution is 2.55. The summed E-state index contributed by atoms with van der Waals surface area (Å²) in [5, 5.41) is 10.4. The van der Waals surface area contributed by atoms with Crippen molar-refractivity contribution in [3.8, 4) is 5.75 Å². The van der Waals surface area contributed by atoms with E-state index in [0.29, 0.717) is 17.1 Å². The van der Waals surface area contributed by atoms with Crippen molar-refractivity contribution in [1.29, 1.82) is 0 Å². The van der Waals surface area contributed by atoms with Gasteiger partial charge in [-0.25, -0.2) is 0 Å². The number of nitrogens with zero attached hydrogens (tertiary/aromatic N) is 1. The third-order valence-electron chi connectivity index (χ3n) is 4.07. The number of benzene rings is 2. The van der Waals surface area contributed by atoms with Crippen molar-refractivity contribution in [2.75, 3.05) is 12.3 Å².